The zero-order valence-electron chi connectivity index (χ0n) is 24.6. The minimum atomic E-state index is 0. The Morgan fingerprint density at radius 2 is 1.09 bits per heavy atom. The molecule has 4 heteroatoms. The third-order valence-electron chi connectivity index (χ3n) is 9.08. The molecule has 0 saturated heterocycles. The Bertz CT molecular complexity index is 2250. The fraction of sp³-hybridized carbons (Fsp3) is 0.0476. The van der Waals surface area contributed by atoms with Gasteiger partial charge in [0.1, 0.15) is 5.58 Å². The molecule has 0 atom stereocenters. The van der Waals surface area contributed by atoms with Gasteiger partial charge in [0.2, 0.25) is 0 Å². The summed E-state index contributed by atoms with van der Waals surface area (Å²) in [6.45, 7) is 0. The Kier molecular flexibility index (Phi) is 7.18. The van der Waals surface area contributed by atoms with Crippen LogP contribution in [0.3, 0.4) is 0 Å². The van der Waals surface area contributed by atoms with E-state index >= 15 is 0 Å². The van der Waals surface area contributed by atoms with Crippen molar-refractivity contribution >= 4 is 21.9 Å². The zero-order chi connectivity index (χ0) is 29.7. The molecule has 221 valence electrons. The van der Waals surface area contributed by atoms with Crippen LogP contribution in [0.4, 0.5) is 0 Å². The average Bonchev–Trinajstić information content (AvgIpc) is 3.52. The van der Waals surface area contributed by atoms with Crippen LogP contribution >= 0.6 is 0 Å². The second-order valence-electron chi connectivity index (χ2n) is 11.5. The van der Waals surface area contributed by atoms with E-state index in [1.165, 1.54) is 33.4 Å². The Hall–Kier alpha value is -5.15. The van der Waals surface area contributed by atoms with Crippen LogP contribution in [0.2, 0.25) is 0 Å². The SMILES string of the molecule is [Ir].[c-]1ccc2c(oc3c4c(ccc32)C2c3ccccc3C4c3ccccc32)c1-c1ccccn1.[c-]1ccccc1-c1ccccn1. The van der Waals surface area contributed by atoms with Crippen LogP contribution in [-0.2, 0) is 20.1 Å². The van der Waals surface area contributed by atoms with Crippen molar-refractivity contribution in [1.29, 1.82) is 0 Å². The summed E-state index contributed by atoms with van der Waals surface area (Å²) in [7, 11) is 0. The summed E-state index contributed by atoms with van der Waals surface area (Å²) >= 11 is 0. The normalized spacial score (nSPS) is 15.2. The quantitative estimate of drug-likeness (QED) is 0.165. The maximum absolute atomic E-state index is 6.75. The third-order valence-corrected chi connectivity index (χ3v) is 9.08. The van der Waals surface area contributed by atoms with Gasteiger partial charge in [0, 0.05) is 55.3 Å². The van der Waals surface area contributed by atoms with Crippen LogP contribution in [0.5, 0.6) is 0 Å². The van der Waals surface area contributed by atoms with E-state index in [1.807, 2.05) is 72.9 Å². The standard InChI is InChI=1S/C31H18NO.C11H8N.Ir/c1-3-10-20-18(8-1)27-19-9-2-4-11-21(19)28(20)29-25(27)16-15-23-22-12-7-13-24(30(22)33-31(23)29)26-14-5-6-17-32-26;1-2-6-10(7-3-1)11-8-4-5-9-12-11;/h1-12,14-17,27-28H;1-6,8-9H;/q2*-1;. The summed E-state index contributed by atoms with van der Waals surface area (Å²) in [5.41, 5.74) is 14.0. The second kappa shape index (κ2) is 11.7. The van der Waals surface area contributed by atoms with E-state index < -0.39 is 0 Å². The molecule has 46 heavy (non-hydrogen) atoms. The van der Waals surface area contributed by atoms with Crippen molar-refractivity contribution in [3.05, 3.63) is 191 Å². The maximum Gasteiger partial charge on any atom is 0.125 e. The minimum Gasteiger partial charge on any atom is -0.500 e. The molecule has 3 aromatic heterocycles. The molecule has 3 aliphatic carbocycles. The number of pyridine rings is 2. The Labute approximate surface area is 281 Å². The number of fused-ring (bicyclic) bond motifs is 3. The predicted molar refractivity (Wildman–Crippen MR) is 179 cm³/mol. The average molecular weight is 767 g/mol. The van der Waals surface area contributed by atoms with Crippen LogP contribution in [0.15, 0.2) is 150 Å². The fourth-order valence-electron chi connectivity index (χ4n) is 7.22. The van der Waals surface area contributed by atoms with Gasteiger partial charge in [0.25, 0.3) is 0 Å². The maximum atomic E-state index is 6.75. The van der Waals surface area contributed by atoms with Crippen LogP contribution in [0.25, 0.3) is 44.5 Å². The topological polar surface area (TPSA) is 38.9 Å². The molecule has 0 unspecified atom stereocenters. The summed E-state index contributed by atoms with van der Waals surface area (Å²) in [6.07, 6.45) is 3.61. The molecule has 5 aromatic carbocycles. The molecule has 2 bridgehead atoms. The monoisotopic (exact) mass is 767 g/mol. The molecule has 3 nitrogen and oxygen atoms in total. The summed E-state index contributed by atoms with van der Waals surface area (Å²) in [4.78, 5) is 8.78. The molecule has 1 radical (unpaired) electrons. The first kappa shape index (κ1) is 28.3. The number of aromatic nitrogens is 2. The molecular formula is C42H26IrN2O-2. The number of benzene rings is 5. The Morgan fingerprint density at radius 1 is 0.478 bits per heavy atom. The molecule has 0 spiro atoms. The molecule has 0 fully saturated rings. The zero-order valence-corrected chi connectivity index (χ0v) is 27.0. The van der Waals surface area contributed by atoms with Gasteiger partial charge in [-0.1, -0.05) is 95.9 Å². The molecule has 0 amide bonds. The van der Waals surface area contributed by atoms with Crippen molar-refractivity contribution in [3.63, 3.8) is 0 Å². The minimum absolute atomic E-state index is 0. The summed E-state index contributed by atoms with van der Waals surface area (Å²) in [5, 5.41) is 2.28. The summed E-state index contributed by atoms with van der Waals surface area (Å²) in [5.74, 6) is 0.431. The molecule has 0 saturated carbocycles. The van der Waals surface area contributed by atoms with Crippen LogP contribution < -0.4 is 0 Å². The molecule has 3 aliphatic rings. The Morgan fingerprint density at radius 3 is 1.72 bits per heavy atom. The smallest absolute Gasteiger partial charge is 0.125 e. The van der Waals surface area contributed by atoms with E-state index in [4.69, 9.17) is 4.42 Å². The van der Waals surface area contributed by atoms with E-state index in [0.717, 1.165) is 44.5 Å². The van der Waals surface area contributed by atoms with Crippen molar-refractivity contribution < 1.29 is 24.5 Å². The Balaban J connectivity index is 0.000000204. The van der Waals surface area contributed by atoms with Crippen molar-refractivity contribution in [1.82, 2.24) is 9.97 Å². The van der Waals surface area contributed by atoms with Crippen molar-refractivity contribution in [2.75, 3.05) is 0 Å². The van der Waals surface area contributed by atoms with Gasteiger partial charge in [0.05, 0.1) is 5.58 Å². The van der Waals surface area contributed by atoms with Crippen LogP contribution in [-0.4, -0.2) is 9.97 Å². The number of hydrogen-bond acceptors (Lipinski definition) is 3. The summed E-state index contributed by atoms with van der Waals surface area (Å²) in [6, 6.07) is 52.6. The van der Waals surface area contributed by atoms with Gasteiger partial charge in [-0.15, -0.1) is 54.1 Å². The van der Waals surface area contributed by atoms with Gasteiger partial charge >= 0.3 is 0 Å². The van der Waals surface area contributed by atoms with Crippen molar-refractivity contribution in [3.8, 4) is 22.5 Å². The molecular weight excluding hydrogens is 741 g/mol. The van der Waals surface area contributed by atoms with Gasteiger partial charge < -0.3 is 14.4 Å². The van der Waals surface area contributed by atoms with Gasteiger partial charge in [-0.05, 0) is 51.3 Å². The van der Waals surface area contributed by atoms with Crippen LogP contribution in [0, 0.1) is 12.1 Å². The largest absolute Gasteiger partial charge is 0.500 e. The number of furan rings is 1. The van der Waals surface area contributed by atoms with Gasteiger partial charge in [-0.2, -0.15) is 0 Å². The second-order valence-corrected chi connectivity index (χ2v) is 11.5. The summed E-state index contributed by atoms with van der Waals surface area (Å²) < 4.78 is 6.75. The first-order valence-corrected chi connectivity index (χ1v) is 15.2. The molecule has 0 aliphatic heterocycles. The molecule has 0 N–H and O–H groups in total. The van der Waals surface area contributed by atoms with E-state index in [-0.39, 0.29) is 31.9 Å². The van der Waals surface area contributed by atoms with Gasteiger partial charge in [-0.3, -0.25) is 0 Å². The van der Waals surface area contributed by atoms with Crippen molar-refractivity contribution in [2.45, 2.75) is 11.8 Å². The fourth-order valence-corrected chi connectivity index (χ4v) is 7.22. The molecule has 8 aromatic rings. The predicted octanol–water partition coefficient (Wildman–Crippen LogP) is 9.98. The number of rotatable bonds is 2. The number of nitrogens with zero attached hydrogens (tertiary/aromatic N) is 2. The third kappa shape index (κ3) is 4.45. The van der Waals surface area contributed by atoms with E-state index in [0.29, 0.717) is 0 Å². The first-order valence-electron chi connectivity index (χ1n) is 15.2. The van der Waals surface area contributed by atoms with Gasteiger partial charge in [-0.25, -0.2) is 0 Å². The van der Waals surface area contributed by atoms with Crippen LogP contribution in [0.1, 0.15) is 45.2 Å². The number of hydrogen-bond donors (Lipinski definition) is 0. The van der Waals surface area contributed by atoms with Gasteiger partial charge in [0.15, 0.2) is 0 Å². The molecule has 11 rings (SSSR count). The van der Waals surface area contributed by atoms with Crippen molar-refractivity contribution in [2.24, 2.45) is 0 Å². The molecule has 3 heterocycles. The van der Waals surface area contributed by atoms with E-state index in [1.54, 1.807) is 6.20 Å². The van der Waals surface area contributed by atoms with E-state index in [9.17, 15) is 0 Å². The first-order chi connectivity index (χ1) is 22.4. The van der Waals surface area contributed by atoms with E-state index in [2.05, 4.69) is 88.8 Å².